The van der Waals surface area contributed by atoms with E-state index >= 15 is 0 Å². The number of fused-ring (bicyclic) bond motifs is 4. The first-order valence-electron chi connectivity index (χ1n) is 25.1. The second-order valence-corrected chi connectivity index (χ2v) is 28.1. The Bertz CT molecular complexity index is 2170. The molecule has 6 aromatic heterocycles. The zero-order chi connectivity index (χ0) is 43.7. The van der Waals surface area contributed by atoms with Crippen LogP contribution in [0.25, 0.3) is 48.9 Å². The molecule has 6 aromatic rings. The van der Waals surface area contributed by atoms with Crippen LogP contribution >= 0.6 is 68.0 Å². The van der Waals surface area contributed by atoms with Gasteiger partial charge in [-0.3, -0.25) is 0 Å². The molecule has 1 aliphatic rings. The van der Waals surface area contributed by atoms with Gasteiger partial charge in [0.2, 0.25) is 0 Å². The van der Waals surface area contributed by atoms with Crippen LogP contribution in [0.1, 0.15) is 182 Å². The zero-order valence-electron chi connectivity index (χ0n) is 38.9. The fraction of sp³-hybridized carbons (Fsp3) is 0.615. The van der Waals surface area contributed by atoms with E-state index in [0.717, 1.165) is 62.1 Å². The molecule has 0 saturated heterocycles. The maximum Gasteiger partial charge on any atom is 0.155 e. The summed E-state index contributed by atoms with van der Waals surface area (Å²) in [7, 11) is -1.87. The van der Waals surface area contributed by atoms with Crippen LogP contribution in [0.2, 0.25) is 12.1 Å². The summed E-state index contributed by atoms with van der Waals surface area (Å²) in [4.78, 5) is 20.8. The average molecular weight is 980 g/mol. The van der Waals surface area contributed by atoms with Gasteiger partial charge in [0.1, 0.15) is 39.3 Å². The second-order valence-electron chi connectivity index (χ2n) is 17.9. The first-order valence-corrected chi connectivity index (χ1v) is 32.5. The highest BCUT2D eigenvalue weighted by atomic mass is 32.1. The summed E-state index contributed by atoms with van der Waals surface area (Å²) in [6.07, 6.45) is 31.6. The van der Waals surface area contributed by atoms with E-state index in [-0.39, 0.29) is 0 Å². The van der Waals surface area contributed by atoms with Crippen molar-refractivity contribution in [2.24, 2.45) is 0 Å². The normalized spacial score (nSPS) is 13.1. The van der Waals surface area contributed by atoms with Crippen molar-refractivity contribution in [1.29, 1.82) is 0 Å². The van der Waals surface area contributed by atoms with Crippen LogP contribution in [0.4, 0.5) is 0 Å². The van der Waals surface area contributed by atoms with Gasteiger partial charge in [-0.1, -0.05) is 198 Å². The molecule has 63 heavy (non-hydrogen) atoms. The highest BCUT2D eigenvalue weighted by Crippen LogP contribution is 2.51. The molecule has 0 N–H and O–H groups in total. The Morgan fingerprint density at radius 1 is 0.429 bits per heavy atom. The molecule has 0 aliphatic carbocycles. The largest absolute Gasteiger partial charge is 0.492 e. The topological polar surface area (TPSA) is 44.2 Å². The van der Waals surface area contributed by atoms with Gasteiger partial charge in [-0.25, -0.2) is 9.97 Å². The van der Waals surface area contributed by atoms with E-state index in [1.807, 2.05) is 22.7 Å². The van der Waals surface area contributed by atoms with E-state index in [4.69, 9.17) is 19.4 Å². The van der Waals surface area contributed by atoms with Crippen molar-refractivity contribution in [3.8, 4) is 50.8 Å². The molecule has 0 saturated carbocycles. The number of thiophene rings is 4. The Morgan fingerprint density at radius 2 is 0.889 bits per heavy atom. The molecule has 7 rings (SSSR count). The van der Waals surface area contributed by atoms with Gasteiger partial charge in [0, 0.05) is 25.6 Å². The number of ether oxygens (including phenoxy) is 2. The molecule has 0 atom stereocenters. The van der Waals surface area contributed by atoms with E-state index in [1.54, 1.807) is 54.1 Å². The maximum absolute atomic E-state index is 6.75. The minimum atomic E-state index is -1.87. The molecule has 7 heterocycles. The van der Waals surface area contributed by atoms with Crippen LogP contribution in [0.5, 0.6) is 11.5 Å². The minimum absolute atomic E-state index is 0.753. The lowest BCUT2D eigenvalue weighted by Gasteiger charge is -2.29. The van der Waals surface area contributed by atoms with E-state index in [1.165, 1.54) is 168 Å². The SMILES string of the molecule is CCCCCCCCOc1ccsc1-c1nc2sc(-c3sc(-c4cc5c(s4)-c4sccc4[Si]5(CCCCCCCC)CCCCCCCC)cc3OCCCCCCCC)nc2s1. The molecule has 0 amide bonds. The van der Waals surface area contributed by atoms with E-state index in [2.05, 4.69) is 74.1 Å². The number of rotatable bonds is 33. The average Bonchev–Trinajstić information content (AvgIpc) is 4.15. The molecule has 344 valence electrons. The van der Waals surface area contributed by atoms with Crippen molar-refractivity contribution in [2.45, 2.75) is 194 Å². The molecule has 0 spiro atoms. The van der Waals surface area contributed by atoms with Crippen LogP contribution in [0.3, 0.4) is 0 Å². The standard InChI is InChI=1S/C52H74N2O2S6Si/c1-5-9-13-17-21-25-31-55-39-29-33-57-45(39)49-53-51-52(61-49)54-50(62-51)46-40(56-32-26-22-18-14-10-6-2)37-41(59-46)42-38-44-48(60-42)47-43(30-34-58-47)63(44,35-27-23-19-15-11-7-3)36-28-24-20-16-12-8-4/h29-30,33-34,37-38H,5-28,31-32,35-36H2,1-4H3. The molecule has 0 unspecified atom stereocenters. The van der Waals surface area contributed by atoms with Gasteiger partial charge in [-0.2, -0.15) is 0 Å². The van der Waals surface area contributed by atoms with E-state index in [0.29, 0.717) is 0 Å². The van der Waals surface area contributed by atoms with Crippen LogP contribution in [0.15, 0.2) is 35.0 Å². The number of hydrogen-bond acceptors (Lipinski definition) is 10. The summed E-state index contributed by atoms with van der Waals surface area (Å²) < 4.78 is 13.1. The monoisotopic (exact) mass is 978 g/mol. The first-order chi connectivity index (χ1) is 31.1. The third-order valence-electron chi connectivity index (χ3n) is 13.0. The first kappa shape index (κ1) is 49.1. The number of unbranched alkanes of at least 4 members (excludes halogenated alkanes) is 20. The quantitative estimate of drug-likeness (QED) is 0.0304. The summed E-state index contributed by atoms with van der Waals surface area (Å²) in [6, 6.07) is 12.5. The summed E-state index contributed by atoms with van der Waals surface area (Å²) in [5, 5.41) is 10.1. The highest BCUT2D eigenvalue weighted by molar-refractivity contribution is 7.34. The highest BCUT2D eigenvalue weighted by Gasteiger charge is 2.46. The van der Waals surface area contributed by atoms with Crippen molar-refractivity contribution in [2.75, 3.05) is 13.2 Å². The van der Waals surface area contributed by atoms with E-state index in [9.17, 15) is 0 Å². The van der Waals surface area contributed by atoms with Gasteiger partial charge in [0.05, 0.1) is 13.2 Å². The van der Waals surface area contributed by atoms with Crippen molar-refractivity contribution >= 4 is 96.1 Å². The number of thiazole rings is 2. The summed E-state index contributed by atoms with van der Waals surface area (Å²) in [6.45, 7) is 10.7. The number of aromatic nitrogens is 2. The van der Waals surface area contributed by atoms with Gasteiger partial charge >= 0.3 is 0 Å². The molecule has 0 bridgehead atoms. The summed E-state index contributed by atoms with van der Waals surface area (Å²) >= 11 is 11.1. The second kappa shape index (κ2) is 25.9. The lowest BCUT2D eigenvalue weighted by molar-refractivity contribution is 0.306. The molecule has 4 nitrogen and oxygen atoms in total. The third kappa shape index (κ3) is 12.8. The van der Waals surface area contributed by atoms with Crippen LogP contribution in [-0.4, -0.2) is 31.3 Å². The molecule has 11 heteroatoms. The predicted molar refractivity (Wildman–Crippen MR) is 288 cm³/mol. The summed E-state index contributed by atoms with van der Waals surface area (Å²) in [5.41, 5.74) is 0. The zero-order valence-corrected chi connectivity index (χ0v) is 44.8. The third-order valence-corrected chi connectivity index (χ3v) is 25.4. The molecular formula is C52H74N2O2S6Si. The Balaban J connectivity index is 1.13. The minimum Gasteiger partial charge on any atom is -0.492 e. The fourth-order valence-corrected chi connectivity index (χ4v) is 22.8. The van der Waals surface area contributed by atoms with Gasteiger partial charge in [0.25, 0.3) is 0 Å². The van der Waals surface area contributed by atoms with E-state index < -0.39 is 8.07 Å². The predicted octanol–water partition coefficient (Wildman–Crippen LogP) is 18.7. The van der Waals surface area contributed by atoms with Crippen molar-refractivity contribution in [3.05, 3.63) is 35.0 Å². The number of nitrogens with zero attached hydrogens (tertiary/aromatic N) is 2. The van der Waals surface area contributed by atoms with Crippen molar-refractivity contribution in [1.82, 2.24) is 9.97 Å². The smallest absolute Gasteiger partial charge is 0.155 e. The van der Waals surface area contributed by atoms with Gasteiger partial charge in [-0.15, -0.1) is 45.3 Å². The van der Waals surface area contributed by atoms with Gasteiger partial charge in [0.15, 0.2) is 9.66 Å². The summed E-state index contributed by atoms with van der Waals surface area (Å²) in [5.74, 6) is 1.97. The van der Waals surface area contributed by atoms with Crippen LogP contribution in [0, 0.1) is 0 Å². The molecule has 0 aromatic carbocycles. The Hall–Kier alpha value is -1.86. The maximum atomic E-state index is 6.75. The van der Waals surface area contributed by atoms with Gasteiger partial charge in [-0.05, 0) is 58.2 Å². The molecular weight excluding hydrogens is 905 g/mol. The number of hydrogen-bond donors (Lipinski definition) is 0. The van der Waals surface area contributed by atoms with Crippen LogP contribution < -0.4 is 19.8 Å². The lowest BCUT2D eigenvalue weighted by atomic mass is 10.1. The Morgan fingerprint density at radius 3 is 1.48 bits per heavy atom. The molecule has 0 fully saturated rings. The van der Waals surface area contributed by atoms with Crippen LogP contribution in [-0.2, 0) is 0 Å². The lowest BCUT2D eigenvalue weighted by Crippen LogP contribution is -2.54. The fourth-order valence-electron chi connectivity index (χ4n) is 9.41. The molecule has 1 aliphatic heterocycles. The molecule has 0 radical (unpaired) electrons. The Kier molecular flexibility index (Phi) is 20.2. The van der Waals surface area contributed by atoms with Crippen molar-refractivity contribution < 1.29 is 9.47 Å². The Labute approximate surface area is 405 Å². The van der Waals surface area contributed by atoms with Crippen molar-refractivity contribution in [3.63, 3.8) is 0 Å². The van der Waals surface area contributed by atoms with Gasteiger partial charge < -0.3 is 9.47 Å².